The topological polar surface area (TPSA) is 75.6 Å². The van der Waals surface area contributed by atoms with Gasteiger partial charge in [0, 0.05) is 12.5 Å². The zero-order valence-electron chi connectivity index (χ0n) is 12.3. The van der Waals surface area contributed by atoms with Crippen molar-refractivity contribution in [3.63, 3.8) is 0 Å². The van der Waals surface area contributed by atoms with Crippen molar-refractivity contribution in [3.05, 3.63) is 22.4 Å². The van der Waals surface area contributed by atoms with Crippen LogP contribution in [0.3, 0.4) is 0 Å². The van der Waals surface area contributed by atoms with E-state index in [1.165, 1.54) is 12.8 Å². The number of hydrogen-bond acceptors (Lipinski definition) is 4. The molecule has 0 spiro atoms. The van der Waals surface area contributed by atoms with E-state index in [9.17, 15) is 4.79 Å². The van der Waals surface area contributed by atoms with Gasteiger partial charge in [0.25, 0.3) is 5.56 Å². The highest BCUT2D eigenvalue weighted by Gasteiger charge is 2.28. The summed E-state index contributed by atoms with van der Waals surface area (Å²) < 4.78 is 1.98. The minimum absolute atomic E-state index is 0.0571. The minimum atomic E-state index is -0.0571. The van der Waals surface area contributed by atoms with Gasteiger partial charge in [0.1, 0.15) is 11.2 Å². The first-order chi connectivity index (χ1) is 10.2. The van der Waals surface area contributed by atoms with Crippen LogP contribution in [0.15, 0.2) is 11.0 Å². The van der Waals surface area contributed by atoms with E-state index in [1.54, 1.807) is 6.20 Å². The van der Waals surface area contributed by atoms with Crippen molar-refractivity contribution >= 4 is 11.0 Å². The first-order valence-corrected chi connectivity index (χ1v) is 7.92. The van der Waals surface area contributed by atoms with E-state index in [2.05, 4.69) is 22.3 Å². The van der Waals surface area contributed by atoms with E-state index in [0.29, 0.717) is 17.3 Å². The summed E-state index contributed by atoms with van der Waals surface area (Å²) in [5.41, 5.74) is 0.707. The normalized spacial score (nSPS) is 26.9. The molecule has 1 aliphatic heterocycles. The van der Waals surface area contributed by atoms with E-state index >= 15 is 0 Å². The molecular weight excluding hydrogens is 266 g/mol. The molecule has 0 bridgehead atoms. The largest absolute Gasteiger partial charge is 0.316 e. The van der Waals surface area contributed by atoms with E-state index in [4.69, 9.17) is 4.98 Å². The van der Waals surface area contributed by atoms with Gasteiger partial charge in [0.2, 0.25) is 0 Å². The molecule has 21 heavy (non-hydrogen) atoms. The molecule has 2 atom stereocenters. The zero-order valence-corrected chi connectivity index (χ0v) is 12.3. The zero-order chi connectivity index (χ0) is 14.4. The molecule has 0 radical (unpaired) electrons. The van der Waals surface area contributed by atoms with Gasteiger partial charge in [-0.2, -0.15) is 5.10 Å². The van der Waals surface area contributed by atoms with E-state index in [1.807, 2.05) is 4.68 Å². The van der Waals surface area contributed by atoms with E-state index in [-0.39, 0.29) is 11.5 Å². The number of nitrogens with one attached hydrogen (secondary N) is 2. The third-order valence-electron chi connectivity index (χ3n) is 5.02. The second kappa shape index (κ2) is 4.94. The average molecular weight is 287 g/mol. The summed E-state index contributed by atoms with van der Waals surface area (Å²) in [5.74, 6) is 1.59. The fraction of sp³-hybridized carbons (Fsp3) is 0.667. The highest BCUT2D eigenvalue weighted by atomic mass is 16.1. The SMILES string of the molecule is C[C@@H]1CNC[C@H]1c1nc2c(cnn2C2CCCC2)c(=O)[nH]1. The maximum absolute atomic E-state index is 12.3. The molecule has 1 saturated heterocycles. The molecule has 1 saturated carbocycles. The Morgan fingerprint density at radius 1 is 1.29 bits per heavy atom. The van der Waals surface area contributed by atoms with Crippen molar-refractivity contribution in [3.8, 4) is 0 Å². The van der Waals surface area contributed by atoms with Crippen LogP contribution >= 0.6 is 0 Å². The molecule has 0 unspecified atom stereocenters. The molecule has 0 aromatic carbocycles. The van der Waals surface area contributed by atoms with Crippen LogP contribution in [0.2, 0.25) is 0 Å². The van der Waals surface area contributed by atoms with Gasteiger partial charge in [-0.25, -0.2) is 9.67 Å². The molecular formula is C15H21N5O. The molecule has 2 N–H and O–H groups in total. The minimum Gasteiger partial charge on any atom is -0.316 e. The lowest BCUT2D eigenvalue weighted by molar-refractivity contribution is 0.476. The first-order valence-electron chi connectivity index (χ1n) is 7.92. The molecule has 1 aliphatic carbocycles. The highest BCUT2D eigenvalue weighted by Crippen LogP contribution is 2.31. The Hall–Kier alpha value is -1.69. The summed E-state index contributed by atoms with van der Waals surface area (Å²) in [6, 6.07) is 0.406. The predicted molar refractivity (Wildman–Crippen MR) is 80.4 cm³/mol. The molecule has 6 heteroatoms. The number of aromatic nitrogens is 4. The highest BCUT2D eigenvalue weighted by molar-refractivity contribution is 5.73. The Morgan fingerprint density at radius 3 is 2.81 bits per heavy atom. The lowest BCUT2D eigenvalue weighted by Gasteiger charge is -2.15. The molecule has 6 nitrogen and oxygen atoms in total. The molecule has 4 rings (SSSR count). The van der Waals surface area contributed by atoms with Gasteiger partial charge < -0.3 is 10.3 Å². The van der Waals surface area contributed by atoms with Gasteiger partial charge in [-0.05, 0) is 25.3 Å². The van der Waals surface area contributed by atoms with Crippen molar-refractivity contribution in [2.24, 2.45) is 5.92 Å². The Morgan fingerprint density at radius 2 is 2.10 bits per heavy atom. The Bertz CT molecular complexity index is 712. The predicted octanol–water partition coefficient (Wildman–Crippen LogP) is 1.56. The van der Waals surface area contributed by atoms with Crippen molar-refractivity contribution in [1.82, 2.24) is 25.1 Å². The van der Waals surface area contributed by atoms with Crippen molar-refractivity contribution in [1.29, 1.82) is 0 Å². The number of fused-ring (bicyclic) bond motifs is 1. The van der Waals surface area contributed by atoms with Crippen molar-refractivity contribution < 1.29 is 0 Å². The third-order valence-corrected chi connectivity index (χ3v) is 5.02. The van der Waals surface area contributed by atoms with Crippen LogP contribution in [0.1, 0.15) is 50.4 Å². The average Bonchev–Trinajstić information content (AvgIpc) is 3.16. The van der Waals surface area contributed by atoms with Crippen LogP contribution in [-0.4, -0.2) is 32.8 Å². The van der Waals surface area contributed by atoms with Gasteiger partial charge in [-0.1, -0.05) is 19.8 Å². The maximum Gasteiger partial charge on any atom is 0.262 e. The number of aromatic amines is 1. The van der Waals surface area contributed by atoms with Gasteiger partial charge >= 0.3 is 0 Å². The Balaban J connectivity index is 1.83. The summed E-state index contributed by atoms with van der Waals surface area (Å²) in [5, 5.41) is 8.43. The quantitative estimate of drug-likeness (QED) is 0.879. The molecule has 3 heterocycles. The number of hydrogen-bond donors (Lipinski definition) is 2. The maximum atomic E-state index is 12.3. The molecule has 112 valence electrons. The van der Waals surface area contributed by atoms with Crippen molar-refractivity contribution in [2.75, 3.05) is 13.1 Å². The molecule has 2 fully saturated rings. The van der Waals surface area contributed by atoms with Crippen LogP contribution in [-0.2, 0) is 0 Å². The van der Waals surface area contributed by atoms with Gasteiger partial charge in [-0.15, -0.1) is 0 Å². The second-order valence-electron chi connectivity index (χ2n) is 6.46. The van der Waals surface area contributed by atoms with Crippen molar-refractivity contribution in [2.45, 2.75) is 44.6 Å². The van der Waals surface area contributed by atoms with Crippen LogP contribution < -0.4 is 10.9 Å². The summed E-state index contributed by atoms with van der Waals surface area (Å²) in [7, 11) is 0. The van der Waals surface area contributed by atoms with Gasteiger partial charge in [0.05, 0.1) is 12.2 Å². The second-order valence-corrected chi connectivity index (χ2v) is 6.46. The van der Waals surface area contributed by atoms with Crippen LogP contribution in [0.5, 0.6) is 0 Å². The summed E-state index contributed by atoms with van der Waals surface area (Å²) >= 11 is 0. The number of rotatable bonds is 2. The number of H-pyrrole nitrogens is 1. The number of nitrogens with zero attached hydrogens (tertiary/aromatic N) is 3. The molecule has 2 aromatic rings. The summed E-state index contributed by atoms with van der Waals surface area (Å²) in [6.45, 7) is 4.06. The Kier molecular flexibility index (Phi) is 3.06. The Labute approximate surface area is 123 Å². The summed E-state index contributed by atoms with van der Waals surface area (Å²) in [4.78, 5) is 20.1. The third kappa shape index (κ3) is 2.09. The molecule has 2 aromatic heterocycles. The van der Waals surface area contributed by atoms with Crippen LogP contribution in [0.4, 0.5) is 0 Å². The fourth-order valence-electron chi connectivity index (χ4n) is 3.72. The monoisotopic (exact) mass is 287 g/mol. The fourth-order valence-corrected chi connectivity index (χ4v) is 3.72. The first kappa shape index (κ1) is 13.0. The van der Waals surface area contributed by atoms with Crippen LogP contribution in [0, 0.1) is 5.92 Å². The van der Waals surface area contributed by atoms with Gasteiger partial charge in [0.15, 0.2) is 5.65 Å². The lowest BCUT2D eigenvalue weighted by Crippen LogP contribution is -2.19. The smallest absolute Gasteiger partial charge is 0.262 e. The van der Waals surface area contributed by atoms with E-state index in [0.717, 1.165) is 37.4 Å². The standard InChI is InChI=1S/C15H21N5O/c1-9-6-16-7-11(9)13-18-14-12(15(21)19-13)8-17-20(14)10-4-2-3-5-10/h8-11,16H,2-7H2,1H3,(H,18,19,21)/t9-,11-/m1/s1. The lowest BCUT2D eigenvalue weighted by atomic mass is 9.97. The molecule has 0 amide bonds. The van der Waals surface area contributed by atoms with Crippen LogP contribution in [0.25, 0.3) is 11.0 Å². The molecule has 2 aliphatic rings. The van der Waals surface area contributed by atoms with Gasteiger partial charge in [-0.3, -0.25) is 4.79 Å². The van der Waals surface area contributed by atoms with E-state index < -0.39 is 0 Å². The summed E-state index contributed by atoms with van der Waals surface area (Å²) in [6.07, 6.45) is 6.43.